The molecule has 233 valence electrons. The van der Waals surface area contributed by atoms with E-state index in [2.05, 4.69) is 63.6 Å². The summed E-state index contributed by atoms with van der Waals surface area (Å²) in [6, 6.07) is 41.0. The van der Waals surface area contributed by atoms with Crippen LogP contribution < -0.4 is 4.40 Å². The first-order valence-corrected chi connectivity index (χ1v) is 22.8. The van der Waals surface area contributed by atoms with Crippen molar-refractivity contribution in [2.45, 2.75) is 43.2 Å². The van der Waals surface area contributed by atoms with Crippen LogP contribution in [0.1, 0.15) is 38.5 Å². The molecular formula is C41H38GeIrN2S-2. The van der Waals surface area contributed by atoms with Crippen LogP contribution in [0.5, 0.6) is 0 Å². The van der Waals surface area contributed by atoms with E-state index in [1.807, 2.05) is 72.9 Å². The SMILES string of the molecule is [2H]C([2H])([2H])C(c1ccnc(-c2[c-]ccc3c2sc2cc(-c4ccccc4)ccc23)c1)(C([2H])([2H])[2H])C([2H])([2H])[2H].[CH3][Ge]([CH3])([CH3])[c]1ccc(-c2[c-]cccc2)nc1.[Ir]. The third-order valence-electron chi connectivity index (χ3n) is 7.60. The van der Waals surface area contributed by atoms with Crippen LogP contribution in [0, 0.1) is 12.1 Å². The van der Waals surface area contributed by atoms with E-state index < -0.39 is 39.2 Å². The van der Waals surface area contributed by atoms with E-state index in [9.17, 15) is 0 Å². The van der Waals surface area contributed by atoms with Crippen LogP contribution in [-0.2, 0) is 25.5 Å². The van der Waals surface area contributed by atoms with Gasteiger partial charge in [0.1, 0.15) is 0 Å². The molecule has 46 heavy (non-hydrogen) atoms. The fourth-order valence-electron chi connectivity index (χ4n) is 5.09. The summed E-state index contributed by atoms with van der Waals surface area (Å²) in [6.45, 7) is -10.0. The van der Waals surface area contributed by atoms with Crippen molar-refractivity contribution in [3.05, 3.63) is 139 Å². The monoisotopic (exact) mass is 866 g/mol. The first kappa shape index (κ1) is 23.8. The van der Waals surface area contributed by atoms with Crippen molar-refractivity contribution in [1.82, 2.24) is 9.97 Å². The van der Waals surface area contributed by atoms with Crippen molar-refractivity contribution >= 4 is 49.2 Å². The Morgan fingerprint density at radius 3 is 2.22 bits per heavy atom. The Morgan fingerprint density at radius 1 is 0.717 bits per heavy atom. The van der Waals surface area contributed by atoms with Gasteiger partial charge in [-0.15, -0.1) is 23.8 Å². The van der Waals surface area contributed by atoms with Crippen LogP contribution >= 0.6 is 11.3 Å². The van der Waals surface area contributed by atoms with Crippen LogP contribution in [0.15, 0.2) is 122 Å². The van der Waals surface area contributed by atoms with E-state index in [-0.39, 0.29) is 31.4 Å². The molecule has 7 aromatic rings. The Morgan fingerprint density at radius 2 is 1.52 bits per heavy atom. The van der Waals surface area contributed by atoms with Gasteiger partial charge in [0.05, 0.1) is 0 Å². The minimum atomic E-state index is -3.34. The molecule has 0 N–H and O–H groups in total. The zero-order valence-electron chi connectivity index (χ0n) is 34.7. The van der Waals surface area contributed by atoms with E-state index in [1.165, 1.54) is 34.1 Å². The van der Waals surface area contributed by atoms with Gasteiger partial charge in [-0.1, -0.05) is 74.5 Å². The molecule has 5 heteroatoms. The van der Waals surface area contributed by atoms with Crippen molar-refractivity contribution in [3.63, 3.8) is 0 Å². The van der Waals surface area contributed by atoms with Crippen molar-refractivity contribution < 1.29 is 32.4 Å². The normalized spacial score (nSPS) is 15.2. The fourth-order valence-corrected chi connectivity index (χ4v) is 8.51. The molecule has 0 aliphatic carbocycles. The predicted molar refractivity (Wildman–Crippen MR) is 197 cm³/mol. The molecule has 0 spiro atoms. The summed E-state index contributed by atoms with van der Waals surface area (Å²) in [5.74, 6) is 7.14. The van der Waals surface area contributed by atoms with Gasteiger partial charge in [-0.05, 0) is 50.0 Å². The fraction of sp³-hybridized carbons (Fsp3) is 0.171. The van der Waals surface area contributed by atoms with Gasteiger partial charge >= 0.3 is 99.8 Å². The Kier molecular flexibility index (Phi) is 7.33. The molecule has 4 aromatic carbocycles. The largest absolute Gasteiger partial charge is 0 e. The first-order valence-electron chi connectivity index (χ1n) is 19.2. The van der Waals surface area contributed by atoms with Crippen LogP contribution in [0.3, 0.4) is 0 Å². The summed E-state index contributed by atoms with van der Waals surface area (Å²) in [6.07, 6.45) is 3.30. The van der Waals surface area contributed by atoms with Crippen molar-refractivity contribution in [2.24, 2.45) is 0 Å². The van der Waals surface area contributed by atoms with Gasteiger partial charge in [-0.2, -0.15) is 11.3 Å². The molecular weight excluding hydrogens is 817 g/mol. The van der Waals surface area contributed by atoms with Gasteiger partial charge in [0.25, 0.3) is 0 Å². The number of hydrogen-bond donors (Lipinski definition) is 0. The molecule has 0 aliphatic rings. The minimum absolute atomic E-state index is 0. The number of fused-ring (bicyclic) bond motifs is 3. The topological polar surface area (TPSA) is 25.8 Å². The molecule has 0 bridgehead atoms. The van der Waals surface area contributed by atoms with E-state index in [0.717, 1.165) is 42.6 Å². The van der Waals surface area contributed by atoms with Gasteiger partial charge < -0.3 is 4.98 Å². The molecule has 1 radical (unpaired) electrons. The summed E-state index contributed by atoms with van der Waals surface area (Å²) >= 11 is -0.199. The maximum atomic E-state index is 8.04. The smallest absolute Gasteiger partial charge is 0 e. The van der Waals surface area contributed by atoms with Crippen LogP contribution in [0.2, 0.25) is 17.3 Å². The molecule has 0 saturated carbocycles. The summed E-state index contributed by atoms with van der Waals surface area (Å²) < 4.78 is 75.7. The Balaban J connectivity index is 0.000000286. The van der Waals surface area contributed by atoms with E-state index in [4.69, 9.17) is 12.3 Å². The molecule has 3 heterocycles. The quantitative estimate of drug-likeness (QED) is 0.130. The number of rotatable bonds is 4. The molecule has 7 rings (SSSR count). The van der Waals surface area contributed by atoms with Crippen molar-refractivity contribution in [1.29, 1.82) is 0 Å². The Labute approximate surface area is 306 Å². The predicted octanol–water partition coefficient (Wildman–Crippen LogP) is 11.0. The molecule has 0 unspecified atom stereocenters. The third-order valence-corrected chi connectivity index (χ3v) is 13.0. The molecule has 0 saturated heterocycles. The van der Waals surface area contributed by atoms with Crippen LogP contribution in [0.25, 0.3) is 53.8 Å². The average molecular weight is 865 g/mol. The number of pyridine rings is 2. The van der Waals surface area contributed by atoms with Gasteiger partial charge in [-0.3, -0.25) is 0 Å². The maximum Gasteiger partial charge on any atom is 0 e. The zero-order valence-corrected chi connectivity index (χ0v) is 31.0. The third kappa shape index (κ3) is 7.58. The summed E-state index contributed by atoms with van der Waals surface area (Å²) in [5, 5.41) is 1.97. The number of benzene rings is 4. The van der Waals surface area contributed by atoms with Gasteiger partial charge in [0.2, 0.25) is 0 Å². The second-order valence-electron chi connectivity index (χ2n) is 11.9. The molecule has 0 atom stereocenters. The minimum Gasteiger partial charge on any atom is 0 e. The molecule has 2 nitrogen and oxygen atoms in total. The summed E-state index contributed by atoms with van der Waals surface area (Å²) in [5.41, 5.74) is 1.60. The Hall–Kier alpha value is -3.41. The second kappa shape index (κ2) is 14.2. The van der Waals surface area contributed by atoms with Crippen molar-refractivity contribution in [2.75, 3.05) is 0 Å². The summed E-state index contributed by atoms with van der Waals surface area (Å²) in [4.78, 5) is 8.91. The number of thiophene rings is 1. The van der Waals surface area contributed by atoms with E-state index >= 15 is 0 Å². The van der Waals surface area contributed by atoms with E-state index in [1.54, 1.807) is 6.07 Å². The number of nitrogens with zero attached hydrogens (tertiary/aromatic N) is 2. The molecule has 0 amide bonds. The van der Waals surface area contributed by atoms with E-state index in [0.29, 0.717) is 5.56 Å². The molecule has 3 aromatic heterocycles. The first-order chi connectivity index (χ1) is 25.3. The standard InChI is InChI=1S/C27H22NS.C14H16GeN.Ir/c1-27(2,3)20-14-15-28-24(17-20)23-11-7-10-22-21-13-12-19(16-25(21)29-26(22)23)18-8-5-4-6-9-18;1-15(2,3)13-9-10-14(16-11-13)12-7-5-4-6-8-12;/h4-10,12-17H,1-3H3;4-7,9-11H,1-3H3;/q2*-1;/i1D3,2D3,3D3;;. The van der Waals surface area contributed by atoms with Gasteiger partial charge in [0, 0.05) is 43.3 Å². The maximum absolute atomic E-state index is 8.04. The van der Waals surface area contributed by atoms with Crippen molar-refractivity contribution in [3.8, 4) is 33.6 Å². The zero-order chi connectivity index (χ0) is 39.1. The Bertz CT molecular complexity index is 2350. The van der Waals surface area contributed by atoms with Gasteiger partial charge in [0.15, 0.2) is 0 Å². The summed E-state index contributed by atoms with van der Waals surface area (Å²) in [7, 11) is 0. The second-order valence-corrected chi connectivity index (χ2v) is 23.6. The van der Waals surface area contributed by atoms with Gasteiger partial charge in [-0.25, -0.2) is 0 Å². The molecule has 0 fully saturated rings. The van der Waals surface area contributed by atoms with Crippen LogP contribution in [-0.4, -0.2) is 23.2 Å². The number of hydrogen-bond acceptors (Lipinski definition) is 3. The average Bonchev–Trinajstić information content (AvgIpc) is 3.49. The molecule has 0 aliphatic heterocycles. The number of aromatic nitrogens is 2. The van der Waals surface area contributed by atoms with Crippen LogP contribution in [0.4, 0.5) is 0 Å².